The van der Waals surface area contributed by atoms with Gasteiger partial charge in [0.1, 0.15) is 0 Å². The largest absolute Gasteiger partial charge is 0.483 e. The topological polar surface area (TPSA) is 61.1 Å². The highest BCUT2D eigenvalue weighted by Gasteiger charge is 2.14. The summed E-state index contributed by atoms with van der Waals surface area (Å²) in [6, 6.07) is 2.20. The van der Waals surface area contributed by atoms with Crippen LogP contribution in [0.1, 0.15) is 19.3 Å². The molecule has 1 aliphatic rings. The molecule has 0 bridgehead atoms. The van der Waals surface area contributed by atoms with E-state index in [2.05, 4.69) is 6.07 Å². The van der Waals surface area contributed by atoms with Crippen LogP contribution in [0.15, 0.2) is 0 Å². The van der Waals surface area contributed by atoms with Crippen LogP contribution in [0.3, 0.4) is 0 Å². The molecule has 0 spiro atoms. The average Bonchev–Trinajstić information content (AvgIpc) is 1.64. The molecule has 50 valence electrons. The number of carbonyl (C=O) groups is 1. The van der Waals surface area contributed by atoms with E-state index in [-0.39, 0.29) is 6.47 Å². The third-order valence-corrected chi connectivity index (χ3v) is 1.29. The standard InChI is InChI=1S/C5H7N.CH2O2/c6-4-5-2-1-3-5;2-1-3/h5H,1-3H2;1H,(H,2,3). The van der Waals surface area contributed by atoms with Crippen molar-refractivity contribution in [2.75, 3.05) is 0 Å². The van der Waals surface area contributed by atoms with Crippen molar-refractivity contribution in [3.8, 4) is 6.07 Å². The van der Waals surface area contributed by atoms with Crippen molar-refractivity contribution in [3.05, 3.63) is 0 Å². The van der Waals surface area contributed by atoms with E-state index in [0.717, 1.165) is 12.8 Å². The van der Waals surface area contributed by atoms with Crippen LogP contribution in [-0.2, 0) is 4.79 Å². The lowest BCUT2D eigenvalue weighted by Crippen LogP contribution is -2.06. The van der Waals surface area contributed by atoms with Gasteiger partial charge in [0.15, 0.2) is 0 Å². The van der Waals surface area contributed by atoms with Gasteiger partial charge in [-0.25, -0.2) is 0 Å². The Labute approximate surface area is 53.9 Å². The van der Waals surface area contributed by atoms with Gasteiger partial charge in [-0.15, -0.1) is 0 Å². The highest BCUT2D eigenvalue weighted by atomic mass is 16.3. The van der Waals surface area contributed by atoms with Gasteiger partial charge in [0.05, 0.1) is 6.07 Å². The predicted octanol–water partition coefficient (Wildman–Crippen LogP) is 1.01. The summed E-state index contributed by atoms with van der Waals surface area (Å²) in [4.78, 5) is 8.36. The summed E-state index contributed by atoms with van der Waals surface area (Å²) in [6.45, 7) is -0.250. The van der Waals surface area contributed by atoms with E-state index in [1.54, 1.807) is 0 Å². The molecule has 0 atom stereocenters. The normalized spacial score (nSPS) is 15.9. The number of carboxylic acid groups (broad SMARTS) is 1. The zero-order chi connectivity index (χ0) is 7.11. The lowest BCUT2D eigenvalue weighted by Gasteiger charge is -2.15. The molecule has 1 saturated carbocycles. The van der Waals surface area contributed by atoms with Crippen molar-refractivity contribution in [1.82, 2.24) is 0 Å². The van der Waals surface area contributed by atoms with Gasteiger partial charge in [-0.05, 0) is 12.8 Å². The Bertz CT molecular complexity index is 113. The number of nitriles is 1. The van der Waals surface area contributed by atoms with Gasteiger partial charge in [-0.1, -0.05) is 6.42 Å². The zero-order valence-corrected chi connectivity index (χ0v) is 5.08. The summed E-state index contributed by atoms with van der Waals surface area (Å²) in [5, 5.41) is 15.0. The highest BCUT2D eigenvalue weighted by molar-refractivity contribution is 5.32. The molecule has 3 nitrogen and oxygen atoms in total. The molecule has 0 heterocycles. The highest BCUT2D eigenvalue weighted by Crippen LogP contribution is 2.24. The average molecular weight is 127 g/mol. The molecule has 1 aliphatic carbocycles. The monoisotopic (exact) mass is 127 g/mol. The first-order chi connectivity index (χ1) is 4.35. The Morgan fingerprint density at radius 2 is 2.11 bits per heavy atom. The van der Waals surface area contributed by atoms with Gasteiger partial charge in [0.2, 0.25) is 0 Å². The summed E-state index contributed by atoms with van der Waals surface area (Å²) in [5.74, 6) is 0.421. The molecule has 0 unspecified atom stereocenters. The smallest absolute Gasteiger partial charge is 0.290 e. The molecule has 1 rings (SSSR count). The molecule has 0 aromatic rings. The van der Waals surface area contributed by atoms with E-state index in [4.69, 9.17) is 15.2 Å². The molecule has 0 amide bonds. The van der Waals surface area contributed by atoms with Gasteiger partial charge in [-0.3, -0.25) is 4.79 Å². The van der Waals surface area contributed by atoms with Gasteiger partial charge >= 0.3 is 0 Å². The molecule has 0 aromatic heterocycles. The first-order valence-corrected chi connectivity index (χ1v) is 2.82. The first-order valence-electron chi connectivity index (χ1n) is 2.82. The van der Waals surface area contributed by atoms with Gasteiger partial charge in [-0.2, -0.15) is 5.26 Å². The fourth-order valence-corrected chi connectivity index (χ4v) is 0.537. The Morgan fingerprint density at radius 3 is 2.11 bits per heavy atom. The van der Waals surface area contributed by atoms with Crippen LogP contribution in [0, 0.1) is 17.2 Å². The fourth-order valence-electron chi connectivity index (χ4n) is 0.537. The Hall–Kier alpha value is -1.04. The number of nitrogens with zero attached hydrogens (tertiary/aromatic N) is 1. The zero-order valence-electron chi connectivity index (χ0n) is 5.08. The lowest BCUT2D eigenvalue weighted by atomic mass is 9.87. The summed E-state index contributed by atoms with van der Waals surface area (Å²) >= 11 is 0. The predicted molar refractivity (Wildman–Crippen MR) is 31.6 cm³/mol. The maximum absolute atomic E-state index is 8.36. The Morgan fingerprint density at radius 1 is 1.67 bits per heavy atom. The van der Waals surface area contributed by atoms with E-state index in [1.165, 1.54) is 6.42 Å². The van der Waals surface area contributed by atoms with Crippen molar-refractivity contribution < 1.29 is 9.90 Å². The molecule has 1 N–H and O–H groups in total. The van der Waals surface area contributed by atoms with E-state index in [1.807, 2.05) is 0 Å². The number of hydrogen-bond acceptors (Lipinski definition) is 2. The van der Waals surface area contributed by atoms with Crippen molar-refractivity contribution >= 4 is 6.47 Å². The molecule has 3 heteroatoms. The number of hydrogen-bond donors (Lipinski definition) is 1. The second-order valence-electron chi connectivity index (χ2n) is 1.86. The molecular weight excluding hydrogens is 118 g/mol. The summed E-state index contributed by atoms with van der Waals surface area (Å²) in [6.07, 6.45) is 3.57. The summed E-state index contributed by atoms with van der Waals surface area (Å²) in [5.41, 5.74) is 0. The quantitative estimate of drug-likeness (QED) is 0.494. The molecular formula is C6H9NO2. The third kappa shape index (κ3) is 3.53. The maximum Gasteiger partial charge on any atom is 0.290 e. The molecule has 0 aromatic carbocycles. The van der Waals surface area contributed by atoms with Crippen molar-refractivity contribution in [2.45, 2.75) is 19.3 Å². The summed E-state index contributed by atoms with van der Waals surface area (Å²) in [7, 11) is 0. The SMILES string of the molecule is N#CC1CCC1.O=CO. The van der Waals surface area contributed by atoms with Crippen LogP contribution in [-0.4, -0.2) is 11.6 Å². The minimum absolute atomic E-state index is 0.250. The van der Waals surface area contributed by atoms with Crippen LogP contribution in [0.4, 0.5) is 0 Å². The Kier molecular flexibility index (Phi) is 4.51. The Balaban J connectivity index is 0.000000187. The van der Waals surface area contributed by atoms with Crippen LogP contribution >= 0.6 is 0 Å². The van der Waals surface area contributed by atoms with Crippen molar-refractivity contribution in [3.63, 3.8) is 0 Å². The van der Waals surface area contributed by atoms with Crippen molar-refractivity contribution in [2.24, 2.45) is 5.92 Å². The van der Waals surface area contributed by atoms with Crippen LogP contribution in [0.5, 0.6) is 0 Å². The van der Waals surface area contributed by atoms with Crippen LogP contribution in [0.2, 0.25) is 0 Å². The fraction of sp³-hybridized carbons (Fsp3) is 0.667. The van der Waals surface area contributed by atoms with E-state index >= 15 is 0 Å². The lowest BCUT2D eigenvalue weighted by molar-refractivity contribution is -0.122. The molecule has 0 saturated heterocycles. The summed E-state index contributed by atoms with van der Waals surface area (Å²) < 4.78 is 0. The second-order valence-corrected chi connectivity index (χ2v) is 1.86. The third-order valence-electron chi connectivity index (χ3n) is 1.29. The van der Waals surface area contributed by atoms with E-state index in [0.29, 0.717) is 5.92 Å². The minimum Gasteiger partial charge on any atom is -0.483 e. The molecule has 0 aliphatic heterocycles. The molecule has 1 fully saturated rings. The van der Waals surface area contributed by atoms with E-state index < -0.39 is 0 Å². The second kappa shape index (κ2) is 5.10. The maximum atomic E-state index is 8.36. The van der Waals surface area contributed by atoms with Crippen molar-refractivity contribution in [1.29, 1.82) is 5.26 Å². The minimum atomic E-state index is -0.250. The molecule has 9 heavy (non-hydrogen) atoms. The van der Waals surface area contributed by atoms with Crippen LogP contribution < -0.4 is 0 Å². The van der Waals surface area contributed by atoms with Gasteiger partial charge in [0, 0.05) is 5.92 Å². The molecule has 0 radical (unpaired) electrons. The van der Waals surface area contributed by atoms with Crippen LogP contribution in [0.25, 0.3) is 0 Å². The van der Waals surface area contributed by atoms with E-state index in [9.17, 15) is 0 Å². The first kappa shape index (κ1) is 7.96. The number of rotatable bonds is 0. The van der Waals surface area contributed by atoms with Gasteiger partial charge < -0.3 is 5.11 Å². The van der Waals surface area contributed by atoms with Gasteiger partial charge in [0.25, 0.3) is 6.47 Å².